The third-order valence-corrected chi connectivity index (χ3v) is 2.88. The smallest absolute Gasteiger partial charge is 0.355 e. The zero-order chi connectivity index (χ0) is 16.1. The summed E-state index contributed by atoms with van der Waals surface area (Å²) < 4.78 is 15.0. The van der Waals surface area contributed by atoms with E-state index in [4.69, 9.17) is 13.9 Å². The van der Waals surface area contributed by atoms with Crippen LogP contribution < -0.4 is 0 Å². The first-order valence-corrected chi connectivity index (χ1v) is 6.63. The van der Waals surface area contributed by atoms with Crippen LogP contribution in [0.3, 0.4) is 0 Å². The lowest BCUT2D eigenvalue weighted by molar-refractivity contribution is 0.0418. The molecule has 0 saturated carbocycles. The summed E-state index contributed by atoms with van der Waals surface area (Å²) in [4.78, 5) is 37.3. The number of ether oxygens (including phenoxy) is 2. The van der Waals surface area contributed by atoms with Crippen LogP contribution in [0.15, 0.2) is 29.0 Å². The first-order chi connectivity index (χ1) is 10.5. The number of ketones is 1. The summed E-state index contributed by atoms with van der Waals surface area (Å²) in [5.74, 6) is -1.16. The quantitative estimate of drug-likeness (QED) is 0.649. The largest absolute Gasteiger partial charge is 0.465 e. The lowest BCUT2D eigenvalue weighted by Gasteiger charge is -2.04. The Labute approximate surface area is 126 Å². The van der Waals surface area contributed by atoms with Crippen LogP contribution in [0.1, 0.15) is 50.8 Å². The molecule has 1 N–H and O–H groups in total. The molecule has 0 radical (unpaired) electrons. The van der Waals surface area contributed by atoms with Gasteiger partial charge in [-0.2, -0.15) is 0 Å². The van der Waals surface area contributed by atoms with E-state index < -0.39 is 11.9 Å². The number of aromatic nitrogens is 1. The molecule has 2 aromatic heterocycles. The van der Waals surface area contributed by atoms with E-state index in [1.54, 1.807) is 6.92 Å². The van der Waals surface area contributed by atoms with E-state index in [1.165, 1.54) is 31.5 Å². The molecule has 0 unspecified atom stereocenters. The summed E-state index contributed by atoms with van der Waals surface area (Å²) in [6, 6.07) is 2.85. The predicted octanol–water partition coefficient (Wildman–Crippen LogP) is 2.34. The molecule has 0 aromatic carbocycles. The molecule has 22 heavy (non-hydrogen) atoms. The van der Waals surface area contributed by atoms with Crippen molar-refractivity contribution >= 4 is 17.7 Å². The second kappa shape index (κ2) is 6.75. The van der Waals surface area contributed by atoms with Gasteiger partial charge in [0.1, 0.15) is 11.3 Å². The number of H-pyrrole nitrogens is 1. The topological polar surface area (TPSA) is 98.6 Å². The fourth-order valence-corrected chi connectivity index (χ4v) is 1.77. The first kappa shape index (κ1) is 15.6. The molecule has 0 amide bonds. The van der Waals surface area contributed by atoms with E-state index in [9.17, 15) is 14.4 Å². The minimum Gasteiger partial charge on any atom is -0.465 e. The Morgan fingerprint density at radius 1 is 1.23 bits per heavy atom. The van der Waals surface area contributed by atoms with Crippen molar-refractivity contribution in [3.05, 3.63) is 47.2 Å². The van der Waals surface area contributed by atoms with E-state index in [2.05, 4.69) is 4.98 Å². The molecule has 116 valence electrons. The Morgan fingerprint density at radius 3 is 2.64 bits per heavy atom. The van der Waals surface area contributed by atoms with Crippen LogP contribution in [-0.4, -0.2) is 29.3 Å². The average Bonchev–Trinajstić information content (AvgIpc) is 3.14. The van der Waals surface area contributed by atoms with Crippen LogP contribution in [0.25, 0.3) is 0 Å². The Balaban J connectivity index is 2.00. The molecule has 0 spiro atoms. The number of esters is 2. The van der Waals surface area contributed by atoms with Crippen LogP contribution >= 0.6 is 0 Å². The number of carbonyl (C=O) groups is 3. The molecule has 2 aromatic rings. The van der Waals surface area contributed by atoms with Crippen LogP contribution in [-0.2, 0) is 16.1 Å². The SMILES string of the molecule is CCOC(=O)c1ccoc1COC(=O)c1cc(C(C)=O)c[nH]1. The molecule has 0 aliphatic carbocycles. The fourth-order valence-electron chi connectivity index (χ4n) is 1.77. The maximum Gasteiger partial charge on any atom is 0.355 e. The Bertz CT molecular complexity index is 696. The summed E-state index contributed by atoms with van der Waals surface area (Å²) in [7, 11) is 0. The van der Waals surface area contributed by atoms with Gasteiger partial charge in [-0.3, -0.25) is 4.79 Å². The summed E-state index contributed by atoms with van der Waals surface area (Å²) in [5, 5.41) is 0. The molecular weight excluding hydrogens is 290 g/mol. The number of nitrogens with one attached hydrogen (secondary N) is 1. The highest BCUT2D eigenvalue weighted by molar-refractivity contribution is 5.97. The highest BCUT2D eigenvalue weighted by Crippen LogP contribution is 2.14. The van der Waals surface area contributed by atoms with Gasteiger partial charge in [-0.05, 0) is 26.0 Å². The molecule has 0 aliphatic rings. The standard InChI is InChI=1S/C15H15NO6/c1-3-20-14(18)11-4-5-21-13(11)8-22-15(19)12-6-10(7-16-12)9(2)17/h4-7,16H,3,8H2,1-2H3. The highest BCUT2D eigenvalue weighted by atomic mass is 16.5. The minimum atomic E-state index is -0.654. The third kappa shape index (κ3) is 3.43. The monoisotopic (exact) mass is 305 g/mol. The van der Waals surface area contributed by atoms with E-state index in [0.29, 0.717) is 5.56 Å². The maximum atomic E-state index is 11.9. The number of hydrogen-bond donors (Lipinski definition) is 1. The van der Waals surface area contributed by atoms with Gasteiger partial charge in [-0.1, -0.05) is 0 Å². The fraction of sp³-hybridized carbons (Fsp3) is 0.267. The lowest BCUT2D eigenvalue weighted by Crippen LogP contribution is -2.09. The van der Waals surface area contributed by atoms with Gasteiger partial charge >= 0.3 is 11.9 Å². The number of aromatic amines is 1. The van der Waals surface area contributed by atoms with E-state index in [1.807, 2.05) is 0 Å². The molecule has 0 saturated heterocycles. The lowest BCUT2D eigenvalue weighted by atomic mass is 10.2. The second-order valence-electron chi connectivity index (χ2n) is 4.41. The Morgan fingerprint density at radius 2 is 2.00 bits per heavy atom. The molecule has 0 bridgehead atoms. The summed E-state index contributed by atoms with van der Waals surface area (Å²) in [6.07, 6.45) is 2.74. The summed E-state index contributed by atoms with van der Waals surface area (Å²) in [5.41, 5.74) is 0.747. The second-order valence-corrected chi connectivity index (χ2v) is 4.41. The molecule has 7 heteroatoms. The van der Waals surface area contributed by atoms with Crippen molar-refractivity contribution < 1.29 is 28.3 Å². The molecule has 7 nitrogen and oxygen atoms in total. The van der Waals surface area contributed by atoms with Crippen LogP contribution in [0, 0.1) is 0 Å². The number of furan rings is 1. The van der Waals surface area contributed by atoms with E-state index in [0.717, 1.165) is 0 Å². The van der Waals surface area contributed by atoms with E-state index in [-0.39, 0.29) is 36.0 Å². The van der Waals surface area contributed by atoms with Gasteiger partial charge in [0.2, 0.25) is 0 Å². The van der Waals surface area contributed by atoms with Crippen molar-refractivity contribution in [2.75, 3.05) is 6.61 Å². The average molecular weight is 305 g/mol. The van der Waals surface area contributed by atoms with Gasteiger partial charge in [-0.25, -0.2) is 9.59 Å². The van der Waals surface area contributed by atoms with Gasteiger partial charge in [0, 0.05) is 11.8 Å². The van der Waals surface area contributed by atoms with Crippen molar-refractivity contribution in [2.24, 2.45) is 0 Å². The van der Waals surface area contributed by atoms with Gasteiger partial charge in [0.25, 0.3) is 0 Å². The molecule has 0 fully saturated rings. The first-order valence-electron chi connectivity index (χ1n) is 6.63. The molecule has 0 atom stereocenters. The Hall–Kier alpha value is -2.83. The van der Waals surface area contributed by atoms with Crippen LogP contribution in [0.2, 0.25) is 0 Å². The number of rotatable bonds is 6. The van der Waals surface area contributed by atoms with Gasteiger partial charge in [0.05, 0.1) is 12.9 Å². The summed E-state index contributed by atoms with van der Waals surface area (Å²) in [6.45, 7) is 3.11. The Kier molecular flexibility index (Phi) is 4.77. The van der Waals surface area contributed by atoms with Gasteiger partial charge in [0.15, 0.2) is 18.2 Å². The third-order valence-electron chi connectivity index (χ3n) is 2.88. The van der Waals surface area contributed by atoms with Crippen molar-refractivity contribution in [3.8, 4) is 0 Å². The minimum absolute atomic E-state index is 0.148. The van der Waals surface area contributed by atoms with Gasteiger partial charge < -0.3 is 18.9 Å². The highest BCUT2D eigenvalue weighted by Gasteiger charge is 2.18. The molecular formula is C15H15NO6. The zero-order valence-electron chi connectivity index (χ0n) is 12.2. The van der Waals surface area contributed by atoms with Crippen molar-refractivity contribution in [1.82, 2.24) is 4.98 Å². The molecule has 2 rings (SSSR count). The van der Waals surface area contributed by atoms with Crippen molar-refractivity contribution in [3.63, 3.8) is 0 Å². The van der Waals surface area contributed by atoms with E-state index >= 15 is 0 Å². The zero-order valence-corrected chi connectivity index (χ0v) is 12.2. The normalized spacial score (nSPS) is 10.3. The number of hydrogen-bond acceptors (Lipinski definition) is 6. The molecule has 2 heterocycles. The van der Waals surface area contributed by atoms with Crippen molar-refractivity contribution in [1.29, 1.82) is 0 Å². The molecule has 0 aliphatic heterocycles. The summed E-state index contributed by atoms with van der Waals surface area (Å²) >= 11 is 0. The predicted molar refractivity (Wildman–Crippen MR) is 74.6 cm³/mol. The van der Waals surface area contributed by atoms with Crippen LogP contribution in [0.5, 0.6) is 0 Å². The van der Waals surface area contributed by atoms with Crippen molar-refractivity contribution in [2.45, 2.75) is 20.5 Å². The number of carbonyl (C=O) groups excluding carboxylic acids is 3. The number of Topliss-reactive ketones (excluding diaryl/α,β-unsaturated/α-hetero) is 1. The van der Waals surface area contributed by atoms with Gasteiger partial charge in [-0.15, -0.1) is 0 Å². The maximum absolute atomic E-state index is 11.9. The van der Waals surface area contributed by atoms with Crippen LogP contribution in [0.4, 0.5) is 0 Å².